The van der Waals surface area contributed by atoms with Crippen molar-refractivity contribution in [2.75, 3.05) is 29.9 Å². The lowest BCUT2D eigenvalue weighted by molar-refractivity contribution is 0.0955. The van der Waals surface area contributed by atoms with E-state index >= 15 is 0 Å². The zero-order chi connectivity index (χ0) is 12.7. The topological polar surface area (TPSA) is 84.0 Å². The third-order valence-electron chi connectivity index (χ3n) is 1.88. The minimum atomic E-state index is -0.857. The van der Waals surface area contributed by atoms with Crippen LogP contribution in [0, 0.1) is 0 Å². The third-order valence-corrected chi connectivity index (χ3v) is 4.07. The largest absolute Gasteiger partial charge is 0.360 e. The molecule has 0 aromatic carbocycles. The number of anilines is 1. The van der Waals surface area contributed by atoms with E-state index in [4.69, 9.17) is 0 Å². The van der Waals surface area contributed by atoms with Gasteiger partial charge in [-0.25, -0.2) is 0 Å². The molecule has 0 aliphatic carbocycles. The van der Waals surface area contributed by atoms with Crippen LogP contribution < -0.4 is 10.6 Å². The molecule has 1 unspecified atom stereocenters. The number of nitrogens with one attached hydrogen (secondary N) is 2. The van der Waals surface area contributed by atoms with E-state index in [-0.39, 0.29) is 5.91 Å². The average Bonchev–Trinajstić information content (AvgIpc) is 2.78. The molecule has 0 radical (unpaired) electrons. The summed E-state index contributed by atoms with van der Waals surface area (Å²) in [7, 11) is -0.857. The average molecular weight is 276 g/mol. The lowest BCUT2D eigenvalue weighted by atomic mass is 10.6. The van der Waals surface area contributed by atoms with Crippen molar-refractivity contribution in [1.82, 2.24) is 15.5 Å². The monoisotopic (exact) mass is 276 g/mol. The molecule has 96 valence electrons. The first kappa shape index (κ1) is 14.0. The van der Waals surface area contributed by atoms with E-state index in [1.165, 1.54) is 11.3 Å². The molecule has 2 N–H and O–H groups in total. The number of hydrogen-bond acceptors (Lipinski definition) is 6. The van der Waals surface area contributed by atoms with Gasteiger partial charge in [-0.15, -0.1) is 10.2 Å². The van der Waals surface area contributed by atoms with Gasteiger partial charge in [-0.05, 0) is 6.92 Å². The number of hydrogen-bond donors (Lipinski definition) is 2. The summed E-state index contributed by atoms with van der Waals surface area (Å²) in [5.74, 6) is 0.820. The highest BCUT2D eigenvalue weighted by atomic mass is 32.2. The Morgan fingerprint density at radius 3 is 2.82 bits per heavy atom. The Labute approximate surface area is 107 Å². The molecule has 0 aliphatic heterocycles. The zero-order valence-electron chi connectivity index (χ0n) is 9.86. The van der Waals surface area contributed by atoms with Crippen LogP contribution in [0.1, 0.15) is 23.6 Å². The molecule has 1 atom stereocenters. The fourth-order valence-corrected chi connectivity index (χ4v) is 2.38. The first-order valence-electron chi connectivity index (χ1n) is 5.37. The molecule has 1 aromatic rings. The molecular formula is C9H16N4O2S2. The van der Waals surface area contributed by atoms with Crippen molar-refractivity contribution in [1.29, 1.82) is 0 Å². The number of carbonyl (C=O) groups excluding carboxylic acids is 1. The Bertz CT molecular complexity index is 394. The molecule has 1 aromatic heterocycles. The first-order valence-corrected chi connectivity index (χ1v) is 7.68. The van der Waals surface area contributed by atoms with E-state index < -0.39 is 10.8 Å². The lowest BCUT2D eigenvalue weighted by Gasteiger charge is -2.01. The summed E-state index contributed by atoms with van der Waals surface area (Å²) in [6, 6.07) is 0. The SMILES string of the molecule is CCNc1nnc(C(=O)NCCS(=O)CC)s1. The predicted molar refractivity (Wildman–Crippen MR) is 70.0 cm³/mol. The van der Waals surface area contributed by atoms with Gasteiger partial charge in [0, 0.05) is 35.4 Å². The summed E-state index contributed by atoms with van der Waals surface area (Å²) in [6.07, 6.45) is 0. The summed E-state index contributed by atoms with van der Waals surface area (Å²) in [6.45, 7) is 4.94. The van der Waals surface area contributed by atoms with Gasteiger partial charge in [-0.1, -0.05) is 18.3 Å². The van der Waals surface area contributed by atoms with Gasteiger partial charge in [0.15, 0.2) is 0 Å². The van der Waals surface area contributed by atoms with Crippen molar-refractivity contribution in [3.8, 4) is 0 Å². The molecule has 1 rings (SSSR count). The smallest absolute Gasteiger partial charge is 0.282 e. The van der Waals surface area contributed by atoms with Gasteiger partial charge in [0.1, 0.15) is 0 Å². The van der Waals surface area contributed by atoms with E-state index in [0.717, 1.165) is 6.54 Å². The Kier molecular flexibility index (Phi) is 6.06. The molecule has 0 spiro atoms. The van der Waals surface area contributed by atoms with Crippen LogP contribution in [0.5, 0.6) is 0 Å². The Balaban J connectivity index is 2.38. The maximum absolute atomic E-state index is 11.6. The second-order valence-electron chi connectivity index (χ2n) is 3.13. The summed E-state index contributed by atoms with van der Waals surface area (Å²) < 4.78 is 11.1. The van der Waals surface area contributed by atoms with Crippen molar-refractivity contribution in [3.63, 3.8) is 0 Å². The highest BCUT2D eigenvalue weighted by molar-refractivity contribution is 7.84. The molecule has 0 aliphatic rings. The van der Waals surface area contributed by atoms with Crippen LogP contribution in [-0.2, 0) is 10.8 Å². The zero-order valence-corrected chi connectivity index (χ0v) is 11.5. The predicted octanol–water partition coefficient (Wildman–Crippen LogP) is 0.468. The first-order chi connectivity index (χ1) is 8.17. The maximum atomic E-state index is 11.6. The fourth-order valence-electron chi connectivity index (χ4n) is 1.04. The van der Waals surface area contributed by atoms with E-state index in [0.29, 0.717) is 28.2 Å². The maximum Gasteiger partial charge on any atom is 0.282 e. The van der Waals surface area contributed by atoms with E-state index in [9.17, 15) is 9.00 Å². The van der Waals surface area contributed by atoms with Crippen molar-refractivity contribution >= 4 is 33.2 Å². The van der Waals surface area contributed by atoms with E-state index in [2.05, 4.69) is 20.8 Å². The Morgan fingerprint density at radius 2 is 2.18 bits per heavy atom. The molecule has 1 amide bonds. The van der Waals surface area contributed by atoms with Crippen LogP contribution in [0.2, 0.25) is 0 Å². The molecule has 0 bridgehead atoms. The second kappa shape index (κ2) is 7.33. The van der Waals surface area contributed by atoms with Crippen LogP contribution in [0.4, 0.5) is 5.13 Å². The summed E-state index contributed by atoms with van der Waals surface area (Å²) in [4.78, 5) is 11.6. The number of carbonyl (C=O) groups is 1. The van der Waals surface area contributed by atoms with E-state index in [1.807, 2.05) is 13.8 Å². The summed E-state index contributed by atoms with van der Waals surface area (Å²) in [5, 5.41) is 14.2. The molecule has 8 heteroatoms. The summed E-state index contributed by atoms with van der Waals surface area (Å²) >= 11 is 1.21. The standard InChI is InChI=1S/C9H16N4O2S2/c1-3-10-9-13-12-8(16-9)7(14)11-5-6-17(15)4-2/h3-6H2,1-2H3,(H,10,13)(H,11,14). The van der Waals surface area contributed by atoms with Gasteiger partial charge in [-0.2, -0.15) is 0 Å². The van der Waals surface area contributed by atoms with Crippen molar-refractivity contribution in [2.24, 2.45) is 0 Å². The Hall–Kier alpha value is -1.02. The van der Waals surface area contributed by atoms with Crippen LogP contribution >= 0.6 is 11.3 Å². The van der Waals surface area contributed by atoms with Crippen LogP contribution in [0.15, 0.2) is 0 Å². The molecule has 0 saturated heterocycles. The number of nitrogens with zero attached hydrogens (tertiary/aromatic N) is 2. The van der Waals surface area contributed by atoms with Gasteiger partial charge >= 0.3 is 0 Å². The van der Waals surface area contributed by atoms with E-state index in [1.54, 1.807) is 0 Å². The van der Waals surface area contributed by atoms with Gasteiger partial charge in [-0.3, -0.25) is 9.00 Å². The molecular weight excluding hydrogens is 260 g/mol. The highest BCUT2D eigenvalue weighted by Crippen LogP contribution is 2.14. The quantitative estimate of drug-likeness (QED) is 0.756. The molecule has 1 heterocycles. The van der Waals surface area contributed by atoms with Gasteiger partial charge in [0.25, 0.3) is 5.91 Å². The Morgan fingerprint density at radius 1 is 1.41 bits per heavy atom. The number of aromatic nitrogens is 2. The summed E-state index contributed by atoms with van der Waals surface area (Å²) in [5.41, 5.74) is 0. The second-order valence-corrected chi connectivity index (χ2v) is 5.97. The van der Waals surface area contributed by atoms with Crippen LogP contribution in [-0.4, -0.2) is 44.9 Å². The fraction of sp³-hybridized carbons (Fsp3) is 0.667. The minimum absolute atomic E-state index is 0.264. The van der Waals surface area contributed by atoms with Crippen molar-refractivity contribution in [3.05, 3.63) is 5.01 Å². The van der Waals surface area contributed by atoms with Gasteiger partial charge in [0.2, 0.25) is 10.1 Å². The van der Waals surface area contributed by atoms with Crippen molar-refractivity contribution < 1.29 is 9.00 Å². The van der Waals surface area contributed by atoms with Crippen LogP contribution in [0.3, 0.4) is 0 Å². The molecule has 17 heavy (non-hydrogen) atoms. The normalized spacial score (nSPS) is 12.1. The molecule has 0 fully saturated rings. The van der Waals surface area contributed by atoms with Gasteiger partial charge in [0.05, 0.1) is 0 Å². The lowest BCUT2D eigenvalue weighted by Crippen LogP contribution is -2.27. The number of rotatable bonds is 7. The highest BCUT2D eigenvalue weighted by Gasteiger charge is 2.11. The number of amides is 1. The van der Waals surface area contributed by atoms with Crippen LogP contribution in [0.25, 0.3) is 0 Å². The van der Waals surface area contributed by atoms with Crippen molar-refractivity contribution in [2.45, 2.75) is 13.8 Å². The third kappa shape index (κ3) is 4.78. The minimum Gasteiger partial charge on any atom is -0.360 e. The van der Waals surface area contributed by atoms with Gasteiger partial charge < -0.3 is 10.6 Å². The molecule has 6 nitrogen and oxygen atoms in total. The molecule has 0 saturated carbocycles.